The summed E-state index contributed by atoms with van der Waals surface area (Å²) in [7, 11) is 0. The van der Waals surface area contributed by atoms with Crippen LogP contribution in [0.25, 0.3) is 55.3 Å². The van der Waals surface area contributed by atoms with E-state index in [1.54, 1.807) is 0 Å². The molecule has 2 nitrogen and oxygen atoms in total. The van der Waals surface area contributed by atoms with Gasteiger partial charge in [-0.15, -0.1) is 0 Å². The number of rotatable bonds is 5. The summed E-state index contributed by atoms with van der Waals surface area (Å²) in [5.74, 6) is 0. The molecular formula is C53H49NO. The first-order valence-electron chi connectivity index (χ1n) is 19.6. The van der Waals surface area contributed by atoms with Gasteiger partial charge in [0.25, 0.3) is 0 Å². The molecule has 0 N–H and O–H groups in total. The maximum Gasteiger partial charge on any atom is 0.139 e. The van der Waals surface area contributed by atoms with E-state index < -0.39 is 0 Å². The standard InChI is InChI=1S/C53H49NO/c1-51(2,3)38-31-44-48-47(55-50(44)46(32-38)52(4,5)6)30-29-43-42-28-27-41(33-45(42)53(7,8)49(43)48)54(39-23-19-36(20-24-39)34-15-11-9-12-16-34)40-25-21-37(22-26-40)35-17-13-10-14-18-35/h9-33H,1-8H3. The second-order valence-corrected chi connectivity index (χ2v) is 17.9. The maximum atomic E-state index is 6.85. The van der Waals surface area contributed by atoms with Gasteiger partial charge in [-0.25, -0.2) is 0 Å². The van der Waals surface area contributed by atoms with E-state index in [9.17, 15) is 0 Å². The highest BCUT2D eigenvalue weighted by atomic mass is 16.3. The molecule has 2 heteroatoms. The van der Waals surface area contributed by atoms with Gasteiger partial charge < -0.3 is 9.32 Å². The second-order valence-electron chi connectivity index (χ2n) is 17.9. The first-order chi connectivity index (χ1) is 26.3. The lowest BCUT2D eigenvalue weighted by Gasteiger charge is -2.28. The molecule has 0 saturated heterocycles. The number of nitrogens with zero attached hydrogens (tertiary/aromatic N) is 1. The van der Waals surface area contributed by atoms with Gasteiger partial charge in [-0.05, 0) is 109 Å². The molecule has 9 rings (SSSR count). The summed E-state index contributed by atoms with van der Waals surface area (Å²) in [6.45, 7) is 18.6. The van der Waals surface area contributed by atoms with E-state index in [1.165, 1.54) is 66.4 Å². The van der Waals surface area contributed by atoms with Crippen LogP contribution in [0, 0.1) is 0 Å². The van der Waals surface area contributed by atoms with Crippen molar-refractivity contribution < 1.29 is 4.42 Å². The molecule has 0 unspecified atom stereocenters. The zero-order valence-electron chi connectivity index (χ0n) is 33.3. The largest absolute Gasteiger partial charge is 0.456 e. The molecule has 0 fully saturated rings. The van der Waals surface area contributed by atoms with Gasteiger partial charge in [0.2, 0.25) is 0 Å². The number of anilines is 3. The summed E-state index contributed by atoms with van der Waals surface area (Å²) in [5, 5.41) is 2.47. The first-order valence-corrected chi connectivity index (χ1v) is 19.6. The van der Waals surface area contributed by atoms with Crippen LogP contribution in [-0.2, 0) is 16.2 Å². The number of hydrogen-bond donors (Lipinski definition) is 0. The zero-order valence-corrected chi connectivity index (χ0v) is 33.3. The predicted octanol–water partition coefficient (Wildman–Crippen LogP) is 15.3. The summed E-state index contributed by atoms with van der Waals surface area (Å²) in [6.07, 6.45) is 0. The fourth-order valence-corrected chi connectivity index (χ4v) is 8.71. The molecule has 0 saturated carbocycles. The predicted molar refractivity (Wildman–Crippen MR) is 234 cm³/mol. The van der Waals surface area contributed by atoms with Crippen molar-refractivity contribution in [3.05, 3.63) is 174 Å². The molecule has 7 aromatic carbocycles. The van der Waals surface area contributed by atoms with Crippen molar-refractivity contribution in [2.45, 2.75) is 71.6 Å². The molecule has 0 bridgehead atoms. The monoisotopic (exact) mass is 715 g/mol. The van der Waals surface area contributed by atoms with Gasteiger partial charge in [-0.3, -0.25) is 0 Å². The normalized spacial score (nSPS) is 13.6. The van der Waals surface area contributed by atoms with Crippen LogP contribution in [0.15, 0.2) is 156 Å². The van der Waals surface area contributed by atoms with Gasteiger partial charge >= 0.3 is 0 Å². The van der Waals surface area contributed by atoms with E-state index >= 15 is 0 Å². The van der Waals surface area contributed by atoms with Gasteiger partial charge in [-0.2, -0.15) is 0 Å². The van der Waals surface area contributed by atoms with Crippen LogP contribution in [0.4, 0.5) is 17.1 Å². The molecule has 1 aliphatic rings. The summed E-state index contributed by atoms with van der Waals surface area (Å²) in [6, 6.07) is 55.5. The Bertz CT molecular complexity index is 2620. The molecule has 272 valence electrons. The Morgan fingerprint density at radius 2 is 1.00 bits per heavy atom. The van der Waals surface area contributed by atoms with Crippen molar-refractivity contribution in [2.75, 3.05) is 4.90 Å². The van der Waals surface area contributed by atoms with Crippen LogP contribution in [0.1, 0.15) is 77.6 Å². The molecular weight excluding hydrogens is 667 g/mol. The van der Waals surface area contributed by atoms with Gasteiger partial charge in [0.1, 0.15) is 11.2 Å². The Balaban J connectivity index is 1.20. The van der Waals surface area contributed by atoms with Gasteiger partial charge in [0.15, 0.2) is 0 Å². The second kappa shape index (κ2) is 12.6. The van der Waals surface area contributed by atoms with Gasteiger partial charge in [0, 0.05) is 38.8 Å². The lowest BCUT2D eigenvalue weighted by Crippen LogP contribution is -2.17. The minimum Gasteiger partial charge on any atom is -0.456 e. The first kappa shape index (κ1) is 34.9. The van der Waals surface area contributed by atoms with Crippen LogP contribution < -0.4 is 4.90 Å². The Morgan fingerprint density at radius 3 is 1.53 bits per heavy atom. The lowest BCUT2D eigenvalue weighted by atomic mass is 9.77. The summed E-state index contributed by atoms with van der Waals surface area (Å²) >= 11 is 0. The zero-order chi connectivity index (χ0) is 38.3. The summed E-state index contributed by atoms with van der Waals surface area (Å²) in [4.78, 5) is 2.40. The smallest absolute Gasteiger partial charge is 0.139 e. The van der Waals surface area contributed by atoms with E-state index in [0.29, 0.717) is 0 Å². The Hall–Kier alpha value is -5.86. The third-order valence-electron chi connectivity index (χ3n) is 11.7. The quantitative estimate of drug-likeness (QED) is 0.176. The van der Waals surface area contributed by atoms with Crippen molar-refractivity contribution in [2.24, 2.45) is 0 Å². The molecule has 55 heavy (non-hydrogen) atoms. The molecule has 0 radical (unpaired) electrons. The topological polar surface area (TPSA) is 16.4 Å². The van der Waals surface area contributed by atoms with Crippen molar-refractivity contribution in [1.82, 2.24) is 0 Å². The molecule has 0 atom stereocenters. The fourth-order valence-electron chi connectivity index (χ4n) is 8.71. The van der Waals surface area contributed by atoms with E-state index in [-0.39, 0.29) is 16.2 Å². The minimum absolute atomic E-state index is 0.00513. The Morgan fingerprint density at radius 1 is 0.491 bits per heavy atom. The third-order valence-corrected chi connectivity index (χ3v) is 11.7. The maximum absolute atomic E-state index is 6.85. The fraction of sp³-hybridized carbons (Fsp3) is 0.208. The van der Waals surface area contributed by atoms with Crippen LogP contribution >= 0.6 is 0 Å². The average molecular weight is 716 g/mol. The highest BCUT2D eigenvalue weighted by molar-refractivity contribution is 6.12. The molecule has 8 aromatic rings. The number of fused-ring (bicyclic) bond motifs is 7. The van der Waals surface area contributed by atoms with Crippen molar-refractivity contribution in [3.63, 3.8) is 0 Å². The highest BCUT2D eigenvalue weighted by Gasteiger charge is 2.39. The number of furan rings is 1. The van der Waals surface area contributed by atoms with Crippen molar-refractivity contribution in [1.29, 1.82) is 0 Å². The molecule has 1 heterocycles. The SMILES string of the molecule is CC(C)(C)c1cc(C(C)(C)C)c2oc3ccc4c(c3c2c1)C(C)(C)c1cc(N(c2ccc(-c3ccccc3)cc2)c2ccc(-c3ccccc3)cc2)ccc1-4. The minimum atomic E-state index is -0.267. The van der Waals surface area contributed by atoms with Crippen molar-refractivity contribution in [3.8, 4) is 33.4 Å². The van der Waals surface area contributed by atoms with E-state index in [4.69, 9.17) is 4.42 Å². The van der Waals surface area contributed by atoms with Crippen LogP contribution in [0.3, 0.4) is 0 Å². The van der Waals surface area contributed by atoms with Crippen LogP contribution in [0.5, 0.6) is 0 Å². The van der Waals surface area contributed by atoms with Gasteiger partial charge in [0.05, 0.1) is 0 Å². The summed E-state index contributed by atoms with van der Waals surface area (Å²) in [5.41, 5.74) is 17.7. The Kier molecular flexibility index (Phi) is 7.99. The van der Waals surface area contributed by atoms with Crippen LogP contribution in [0.2, 0.25) is 0 Å². The van der Waals surface area contributed by atoms with E-state index in [0.717, 1.165) is 28.2 Å². The highest BCUT2D eigenvalue weighted by Crippen LogP contribution is 2.55. The average Bonchev–Trinajstić information content (AvgIpc) is 3.66. The van der Waals surface area contributed by atoms with Gasteiger partial charge in [-0.1, -0.05) is 159 Å². The Labute approximate surface area is 326 Å². The molecule has 0 spiro atoms. The van der Waals surface area contributed by atoms with Crippen LogP contribution in [-0.4, -0.2) is 0 Å². The molecule has 0 aliphatic heterocycles. The van der Waals surface area contributed by atoms with E-state index in [1.807, 2.05) is 0 Å². The number of benzene rings is 7. The molecule has 1 aliphatic carbocycles. The van der Waals surface area contributed by atoms with Crippen molar-refractivity contribution >= 4 is 39.0 Å². The molecule has 0 amide bonds. The third kappa shape index (κ3) is 5.87. The molecule has 1 aromatic heterocycles. The number of hydrogen-bond acceptors (Lipinski definition) is 2. The lowest BCUT2D eigenvalue weighted by molar-refractivity contribution is 0.559. The summed E-state index contributed by atoms with van der Waals surface area (Å²) < 4.78 is 6.85. The van der Waals surface area contributed by atoms with E-state index in [2.05, 4.69) is 212 Å².